The predicted molar refractivity (Wildman–Crippen MR) is 88.0 cm³/mol. The number of benzene rings is 1. The van der Waals surface area contributed by atoms with E-state index in [0.717, 1.165) is 18.5 Å². The van der Waals surface area contributed by atoms with Crippen molar-refractivity contribution < 1.29 is 14.3 Å². The van der Waals surface area contributed by atoms with Gasteiger partial charge < -0.3 is 15.4 Å². The lowest BCUT2D eigenvalue weighted by Gasteiger charge is -2.21. The van der Waals surface area contributed by atoms with E-state index in [2.05, 4.69) is 15.4 Å². The van der Waals surface area contributed by atoms with Crippen LogP contribution in [0.15, 0.2) is 24.3 Å². The molecular formula is C17H26N2O3. The summed E-state index contributed by atoms with van der Waals surface area (Å²) in [5, 5.41) is 6.22. The van der Waals surface area contributed by atoms with Crippen LogP contribution in [0.4, 0.5) is 5.69 Å². The second kappa shape index (κ2) is 8.41. The number of unbranched alkanes of at least 4 members (excludes halogenated alkanes) is 1. The number of methoxy groups -OCH3 is 1. The molecule has 0 saturated heterocycles. The van der Waals surface area contributed by atoms with Crippen molar-refractivity contribution >= 4 is 17.6 Å². The first-order valence-corrected chi connectivity index (χ1v) is 7.56. The van der Waals surface area contributed by atoms with Crippen molar-refractivity contribution in [1.29, 1.82) is 0 Å². The molecule has 1 aromatic rings. The topological polar surface area (TPSA) is 67.4 Å². The maximum Gasteiger partial charge on any atom is 0.305 e. The van der Waals surface area contributed by atoms with E-state index in [1.54, 1.807) is 6.07 Å². The van der Waals surface area contributed by atoms with Gasteiger partial charge in [0.25, 0.3) is 5.91 Å². The highest BCUT2D eigenvalue weighted by molar-refractivity contribution is 5.99. The average molecular weight is 306 g/mol. The fourth-order valence-corrected chi connectivity index (χ4v) is 1.96. The van der Waals surface area contributed by atoms with Crippen molar-refractivity contribution in [2.75, 3.05) is 19.0 Å². The van der Waals surface area contributed by atoms with E-state index in [0.29, 0.717) is 18.5 Å². The van der Waals surface area contributed by atoms with Gasteiger partial charge >= 0.3 is 5.97 Å². The lowest BCUT2D eigenvalue weighted by atomic mass is 10.1. The Labute approximate surface area is 132 Å². The summed E-state index contributed by atoms with van der Waals surface area (Å²) in [6.07, 6.45) is 2.02. The van der Waals surface area contributed by atoms with Gasteiger partial charge in [-0.2, -0.15) is 0 Å². The van der Waals surface area contributed by atoms with Crippen LogP contribution in [-0.2, 0) is 9.53 Å². The summed E-state index contributed by atoms with van der Waals surface area (Å²) in [4.78, 5) is 23.3. The molecule has 0 aliphatic carbocycles. The molecule has 0 radical (unpaired) electrons. The first-order valence-electron chi connectivity index (χ1n) is 7.56. The Morgan fingerprint density at radius 3 is 2.45 bits per heavy atom. The van der Waals surface area contributed by atoms with E-state index in [1.807, 2.05) is 39.0 Å². The largest absolute Gasteiger partial charge is 0.469 e. The average Bonchev–Trinajstić information content (AvgIpc) is 2.45. The normalized spacial score (nSPS) is 10.9. The van der Waals surface area contributed by atoms with Gasteiger partial charge in [0.2, 0.25) is 0 Å². The molecule has 0 heterocycles. The molecule has 0 aliphatic heterocycles. The van der Waals surface area contributed by atoms with Crippen LogP contribution in [0.3, 0.4) is 0 Å². The quantitative estimate of drug-likeness (QED) is 0.600. The molecule has 0 atom stereocenters. The number of rotatable bonds is 7. The zero-order valence-electron chi connectivity index (χ0n) is 13.9. The van der Waals surface area contributed by atoms with Crippen molar-refractivity contribution in [2.24, 2.45) is 0 Å². The van der Waals surface area contributed by atoms with E-state index in [1.165, 1.54) is 7.11 Å². The Morgan fingerprint density at radius 2 is 1.82 bits per heavy atom. The van der Waals surface area contributed by atoms with Gasteiger partial charge in [0.1, 0.15) is 0 Å². The minimum Gasteiger partial charge on any atom is -0.469 e. The van der Waals surface area contributed by atoms with E-state index in [-0.39, 0.29) is 17.4 Å². The zero-order chi connectivity index (χ0) is 16.6. The summed E-state index contributed by atoms with van der Waals surface area (Å²) >= 11 is 0. The molecule has 0 unspecified atom stereocenters. The highest BCUT2D eigenvalue weighted by Crippen LogP contribution is 2.16. The van der Waals surface area contributed by atoms with Crippen LogP contribution in [-0.4, -0.2) is 31.1 Å². The van der Waals surface area contributed by atoms with Crippen LogP contribution in [0, 0.1) is 0 Å². The number of carbonyl (C=O) groups is 2. The highest BCUT2D eigenvalue weighted by atomic mass is 16.5. The van der Waals surface area contributed by atoms with Crippen LogP contribution in [0.1, 0.15) is 50.4 Å². The van der Waals surface area contributed by atoms with Crippen molar-refractivity contribution in [3.63, 3.8) is 0 Å². The number of nitrogens with one attached hydrogen (secondary N) is 2. The van der Waals surface area contributed by atoms with Crippen LogP contribution in [0.25, 0.3) is 0 Å². The van der Waals surface area contributed by atoms with Gasteiger partial charge in [-0.1, -0.05) is 12.1 Å². The molecule has 0 aliphatic rings. The maximum atomic E-state index is 12.3. The molecule has 122 valence electrons. The Hall–Kier alpha value is -2.04. The third kappa shape index (κ3) is 6.61. The standard InChI is InChI=1S/C17H26N2O3/c1-17(2,3)19-16(21)13-9-5-6-10-14(13)18-12-8-7-11-15(20)22-4/h5-6,9-10,18H,7-8,11-12H2,1-4H3,(H,19,21). The van der Waals surface area contributed by atoms with Gasteiger partial charge in [-0.15, -0.1) is 0 Å². The summed E-state index contributed by atoms with van der Waals surface area (Å²) in [7, 11) is 1.39. The zero-order valence-corrected chi connectivity index (χ0v) is 13.9. The third-order valence-electron chi connectivity index (χ3n) is 3.01. The Morgan fingerprint density at radius 1 is 1.14 bits per heavy atom. The summed E-state index contributed by atoms with van der Waals surface area (Å²) in [5.41, 5.74) is 1.16. The lowest BCUT2D eigenvalue weighted by molar-refractivity contribution is -0.140. The second-order valence-corrected chi connectivity index (χ2v) is 6.21. The molecule has 1 rings (SSSR count). The molecule has 22 heavy (non-hydrogen) atoms. The fourth-order valence-electron chi connectivity index (χ4n) is 1.96. The van der Waals surface area contributed by atoms with E-state index < -0.39 is 0 Å². The minimum absolute atomic E-state index is 0.0924. The van der Waals surface area contributed by atoms with Gasteiger partial charge in [0.15, 0.2) is 0 Å². The van der Waals surface area contributed by atoms with Gasteiger partial charge in [-0.3, -0.25) is 9.59 Å². The van der Waals surface area contributed by atoms with Gasteiger partial charge in [0.05, 0.1) is 12.7 Å². The van der Waals surface area contributed by atoms with E-state index >= 15 is 0 Å². The number of esters is 1. The van der Waals surface area contributed by atoms with Gasteiger partial charge in [-0.25, -0.2) is 0 Å². The van der Waals surface area contributed by atoms with E-state index in [4.69, 9.17) is 0 Å². The Balaban J connectivity index is 2.54. The van der Waals surface area contributed by atoms with Gasteiger partial charge in [-0.05, 0) is 45.7 Å². The molecule has 1 amide bonds. The monoisotopic (exact) mass is 306 g/mol. The van der Waals surface area contributed by atoms with Crippen LogP contribution in [0.2, 0.25) is 0 Å². The lowest BCUT2D eigenvalue weighted by Crippen LogP contribution is -2.40. The predicted octanol–water partition coefficient (Wildman–Crippen LogP) is 2.97. The van der Waals surface area contributed by atoms with Crippen LogP contribution < -0.4 is 10.6 Å². The van der Waals surface area contributed by atoms with Crippen molar-refractivity contribution in [1.82, 2.24) is 5.32 Å². The smallest absolute Gasteiger partial charge is 0.305 e. The first-order chi connectivity index (χ1) is 10.3. The molecule has 2 N–H and O–H groups in total. The fraction of sp³-hybridized carbons (Fsp3) is 0.529. The molecule has 0 fully saturated rings. The molecule has 0 spiro atoms. The number of amides is 1. The molecule has 0 aromatic heterocycles. The molecule has 0 saturated carbocycles. The van der Waals surface area contributed by atoms with Crippen molar-refractivity contribution in [3.8, 4) is 0 Å². The van der Waals surface area contributed by atoms with E-state index in [9.17, 15) is 9.59 Å². The Bertz CT molecular complexity index is 507. The van der Waals surface area contributed by atoms with Crippen molar-refractivity contribution in [3.05, 3.63) is 29.8 Å². The molecule has 0 bridgehead atoms. The number of carbonyl (C=O) groups excluding carboxylic acids is 2. The van der Waals surface area contributed by atoms with Crippen molar-refractivity contribution in [2.45, 2.75) is 45.6 Å². The number of hydrogen-bond acceptors (Lipinski definition) is 4. The number of hydrogen-bond donors (Lipinski definition) is 2. The third-order valence-corrected chi connectivity index (χ3v) is 3.01. The van der Waals surface area contributed by atoms with Gasteiger partial charge in [0, 0.05) is 24.2 Å². The summed E-state index contributed by atoms with van der Waals surface area (Å²) in [5.74, 6) is -0.282. The minimum atomic E-state index is -0.273. The Kier molecular flexibility index (Phi) is 6.89. The molecule has 5 heteroatoms. The number of anilines is 1. The van der Waals surface area contributed by atoms with Crippen LogP contribution in [0.5, 0.6) is 0 Å². The molecule has 5 nitrogen and oxygen atoms in total. The summed E-state index contributed by atoms with van der Waals surface area (Å²) < 4.78 is 4.60. The molecular weight excluding hydrogens is 280 g/mol. The molecule has 1 aromatic carbocycles. The summed E-state index contributed by atoms with van der Waals surface area (Å²) in [6, 6.07) is 7.43. The second-order valence-electron chi connectivity index (χ2n) is 6.21. The number of para-hydroxylation sites is 1. The SMILES string of the molecule is COC(=O)CCCCNc1ccccc1C(=O)NC(C)(C)C. The van der Waals surface area contributed by atoms with Crippen LogP contribution >= 0.6 is 0 Å². The maximum absolute atomic E-state index is 12.3. The highest BCUT2D eigenvalue weighted by Gasteiger charge is 2.17. The first kappa shape index (κ1) is 18.0. The number of ether oxygens (including phenoxy) is 1. The summed E-state index contributed by atoms with van der Waals surface area (Å²) in [6.45, 7) is 6.56.